The maximum absolute atomic E-state index is 10.6. The van der Waals surface area contributed by atoms with Crippen LogP contribution in [0.15, 0.2) is 33.9 Å². The molecular formula is C30H50O3. The average Bonchev–Trinajstić information content (AvgIpc) is 2.70. The largest absolute Gasteiger partial charge is 0.481 e. The molecule has 0 radical (unpaired) electrons. The normalized spacial score (nSPS) is 21.3. The number of hydrogen-bond acceptors (Lipinski definition) is 2. The molecule has 0 aromatic rings. The van der Waals surface area contributed by atoms with Gasteiger partial charge in [0.25, 0.3) is 0 Å². The summed E-state index contributed by atoms with van der Waals surface area (Å²) in [6.45, 7) is 17.9. The summed E-state index contributed by atoms with van der Waals surface area (Å²) in [4.78, 5) is 21.1. The first-order valence-electron chi connectivity index (χ1n) is 13.0. The first-order valence-corrected chi connectivity index (χ1v) is 13.0. The molecule has 0 bridgehead atoms. The van der Waals surface area contributed by atoms with E-state index in [1.165, 1.54) is 44.1 Å². The van der Waals surface area contributed by atoms with E-state index >= 15 is 0 Å². The number of hydrogen-bond donors (Lipinski definition) is 1. The molecule has 33 heavy (non-hydrogen) atoms. The zero-order valence-corrected chi connectivity index (χ0v) is 22.8. The van der Waals surface area contributed by atoms with E-state index in [2.05, 4.69) is 41.5 Å². The van der Waals surface area contributed by atoms with Gasteiger partial charge in [0.1, 0.15) is 6.29 Å². The molecule has 3 nitrogen and oxygen atoms in total. The molecule has 2 rings (SSSR count). The van der Waals surface area contributed by atoms with Crippen LogP contribution in [0.3, 0.4) is 0 Å². The van der Waals surface area contributed by atoms with Crippen LogP contribution in [0, 0.1) is 16.7 Å². The molecule has 1 N–H and O–H groups in total. The Kier molecular flexibility index (Phi) is 11.8. The first kappa shape index (κ1) is 29.4. The maximum Gasteiger partial charge on any atom is 0.307 e. The highest BCUT2D eigenvalue weighted by Crippen LogP contribution is 2.43. The van der Waals surface area contributed by atoms with E-state index in [9.17, 15) is 9.59 Å². The van der Waals surface area contributed by atoms with Crippen LogP contribution >= 0.6 is 0 Å². The van der Waals surface area contributed by atoms with Crippen molar-refractivity contribution in [3.63, 3.8) is 0 Å². The number of allylic oxidation sites excluding steroid dienone is 5. The molecule has 2 aliphatic rings. The Morgan fingerprint density at radius 3 is 1.88 bits per heavy atom. The van der Waals surface area contributed by atoms with Gasteiger partial charge in [-0.3, -0.25) is 4.79 Å². The lowest BCUT2D eigenvalue weighted by atomic mass is 9.71. The molecule has 188 valence electrons. The van der Waals surface area contributed by atoms with Crippen molar-refractivity contribution >= 4 is 12.3 Å². The van der Waals surface area contributed by atoms with Gasteiger partial charge in [0, 0.05) is 5.92 Å². The maximum atomic E-state index is 10.6. The second-order valence-electron chi connectivity index (χ2n) is 11.8. The average molecular weight is 459 g/mol. The fourth-order valence-corrected chi connectivity index (χ4v) is 5.58. The van der Waals surface area contributed by atoms with Crippen LogP contribution in [-0.2, 0) is 9.59 Å². The lowest BCUT2D eigenvalue weighted by Crippen LogP contribution is -2.21. The van der Waals surface area contributed by atoms with Crippen LogP contribution in [-0.4, -0.2) is 17.4 Å². The molecule has 0 saturated carbocycles. The van der Waals surface area contributed by atoms with E-state index < -0.39 is 5.97 Å². The summed E-state index contributed by atoms with van der Waals surface area (Å²) in [6.07, 6.45) is 15.0. The van der Waals surface area contributed by atoms with Crippen LogP contribution in [0.25, 0.3) is 0 Å². The molecule has 1 atom stereocenters. The van der Waals surface area contributed by atoms with Crippen LogP contribution in [0.4, 0.5) is 0 Å². The molecule has 1 unspecified atom stereocenters. The van der Waals surface area contributed by atoms with Crippen LogP contribution in [0.5, 0.6) is 0 Å². The van der Waals surface area contributed by atoms with Crippen LogP contribution < -0.4 is 0 Å². The fraction of sp³-hybridized carbons (Fsp3) is 0.733. The van der Waals surface area contributed by atoms with E-state index in [1.54, 1.807) is 22.3 Å². The van der Waals surface area contributed by atoms with Gasteiger partial charge in [-0.05, 0) is 95.8 Å². The van der Waals surface area contributed by atoms with Gasteiger partial charge in [0.2, 0.25) is 0 Å². The minimum atomic E-state index is -0.747. The van der Waals surface area contributed by atoms with E-state index in [0.29, 0.717) is 10.8 Å². The van der Waals surface area contributed by atoms with Gasteiger partial charge in [0.15, 0.2) is 0 Å². The Hall–Kier alpha value is -1.64. The zero-order valence-electron chi connectivity index (χ0n) is 22.8. The SMILES string of the molecule is CC1=C(CC/C(C)=C/CC(=O)O)C(C)(C)CCC1.CC1=C(CCC(C)C=O)C(C)(C)CCC1. The van der Waals surface area contributed by atoms with Gasteiger partial charge in [-0.2, -0.15) is 0 Å². The van der Waals surface area contributed by atoms with Crippen molar-refractivity contribution in [2.75, 3.05) is 0 Å². The standard InChI is InChI=1S/C16H26O2.C14H24O/c1-12(8-10-15(17)18)7-9-14-13(2)6-5-11-16(14,3)4;1-11(10-15)7-8-13-12(2)6-5-9-14(13,3)4/h8H,5-7,9-11H2,1-4H3,(H,17,18);10-11H,5-9H2,1-4H3/b12-8+;. The van der Waals surface area contributed by atoms with Gasteiger partial charge < -0.3 is 9.90 Å². The minimum absolute atomic E-state index is 0.146. The van der Waals surface area contributed by atoms with Gasteiger partial charge in [-0.25, -0.2) is 0 Å². The molecule has 0 spiro atoms. The molecule has 0 amide bonds. The van der Waals surface area contributed by atoms with E-state index in [1.807, 2.05) is 19.9 Å². The van der Waals surface area contributed by atoms with E-state index in [-0.39, 0.29) is 12.3 Å². The van der Waals surface area contributed by atoms with Crippen molar-refractivity contribution in [2.24, 2.45) is 16.7 Å². The summed E-state index contributed by atoms with van der Waals surface area (Å²) in [6, 6.07) is 0. The highest BCUT2D eigenvalue weighted by Gasteiger charge is 2.28. The summed E-state index contributed by atoms with van der Waals surface area (Å²) in [5.74, 6) is -0.536. The topological polar surface area (TPSA) is 54.4 Å². The molecule has 0 aliphatic heterocycles. The van der Waals surface area contributed by atoms with Crippen molar-refractivity contribution in [1.29, 1.82) is 0 Å². The number of carbonyl (C=O) groups excluding carboxylic acids is 1. The molecule has 2 aliphatic carbocycles. The Balaban J connectivity index is 0.000000335. The van der Waals surface area contributed by atoms with Gasteiger partial charge in [-0.1, -0.05) is 68.6 Å². The minimum Gasteiger partial charge on any atom is -0.481 e. The van der Waals surface area contributed by atoms with Crippen molar-refractivity contribution in [1.82, 2.24) is 0 Å². The van der Waals surface area contributed by atoms with Crippen LogP contribution in [0.2, 0.25) is 0 Å². The van der Waals surface area contributed by atoms with Crippen molar-refractivity contribution < 1.29 is 14.7 Å². The van der Waals surface area contributed by atoms with Crippen molar-refractivity contribution in [3.8, 4) is 0 Å². The molecule has 0 fully saturated rings. The lowest BCUT2D eigenvalue weighted by molar-refractivity contribution is -0.136. The van der Waals surface area contributed by atoms with Gasteiger partial charge in [0.05, 0.1) is 6.42 Å². The molecule has 0 aromatic carbocycles. The molecule has 0 saturated heterocycles. The number of rotatable bonds is 9. The fourth-order valence-electron chi connectivity index (χ4n) is 5.58. The predicted octanol–water partition coefficient (Wildman–Crippen LogP) is 8.84. The van der Waals surface area contributed by atoms with Crippen LogP contribution in [0.1, 0.15) is 126 Å². The third-order valence-electron chi connectivity index (χ3n) is 7.85. The molecular weight excluding hydrogens is 408 g/mol. The quantitative estimate of drug-likeness (QED) is 0.277. The Bertz CT molecular complexity index is 761. The monoisotopic (exact) mass is 458 g/mol. The first-order chi connectivity index (χ1) is 15.3. The second-order valence-corrected chi connectivity index (χ2v) is 11.8. The van der Waals surface area contributed by atoms with Gasteiger partial charge >= 0.3 is 5.97 Å². The summed E-state index contributed by atoms with van der Waals surface area (Å²) >= 11 is 0. The third kappa shape index (κ3) is 10.0. The summed E-state index contributed by atoms with van der Waals surface area (Å²) in [5, 5.41) is 8.65. The summed E-state index contributed by atoms with van der Waals surface area (Å²) in [7, 11) is 0. The zero-order chi connectivity index (χ0) is 25.2. The second kappa shape index (κ2) is 13.3. The van der Waals surface area contributed by atoms with Crippen molar-refractivity contribution in [3.05, 3.63) is 33.9 Å². The number of carboxylic acid groups (broad SMARTS) is 1. The van der Waals surface area contributed by atoms with E-state index in [0.717, 1.165) is 32.0 Å². The highest BCUT2D eigenvalue weighted by molar-refractivity contribution is 5.68. The Morgan fingerprint density at radius 2 is 1.45 bits per heavy atom. The predicted molar refractivity (Wildman–Crippen MR) is 140 cm³/mol. The molecule has 0 aromatic heterocycles. The van der Waals surface area contributed by atoms with E-state index in [4.69, 9.17) is 5.11 Å². The van der Waals surface area contributed by atoms with Crippen molar-refractivity contribution in [2.45, 2.75) is 126 Å². The summed E-state index contributed by atoms with van der Waals surface area (Å²) < 4.78 is 0. The smallest absolute Gasteiger partial charge is 0.307 e. The number of aliphatic carboxylic acids is 1. The number of aldehydes is 1. The Labute approximate surface area is 203 Å². The lowest BCUT2D eigenvalue weighted by Gasteiger charge is -2.35. The van der Waals surface area contributed by atoms with Gasteiger partial charge in [-0.15, -0.1) is 0 Å². The third-order valence-corrected chi connectivity index (χ3v) is 7.85. The molecule has 3 heteroatoms. The summed E-state index contributed by atoms with van der Waals surface area (Å²) in [5.41, 5.74) is 8.22. The Morgan fingerprint density at radius 1 is 0.970 bits per heavy atom. The molecule has 0 heterocycles. The number of carbonyl (C=O) groups is 2. The number of carboxylic acids is 1. The highest BCUT2D eigenvalue weighted by atomic mass is 16.4.